The molecule has 1 aliphatic rings. The van der Waals surface area contributed by atoms with Crippen LogP contribution in [0.1, 0.15) is 42.2 Å². The van der Waals surface area contributed by atoms with Crippen LogP contribution in [0.2, 0.25) is 20.1 Å². The van der Waals surface area contributed by atoms with Gasteiger partial charge >= 0.3 is 0 Å². The van der Waals surface area contributed by atoms with E-state index in [0.29, 0.717) is 0 Å². The molecule has 3 rings (SSSR count). The van der Waals surface area contributed by atoms with Gasteiger partial charge in [0.05, 0.1) is 41.7 Å². The lowest BCUT2D eigenvalue weighted by molar-refractivity contribution is -0.385. The van der Waals surface area contributed by atoms with Crippen LogP contribution in [0.25, 0.3) is 0 Å². The largest absolute Gasteiger partial charge is 0.298 e. The van der Waals surface area contributed by atoms with Crippen molar-refractivity contribution in [1.82, 2.24) is 0 Å². The molecule has 0 N–H and O–H groups in total. The summed E-state index contributed by atoms with van der Waals surface area (Å²) >= 11 is 23.9. The van der Waals surface area contributed by atoms with Crippen LogP contribution >= 0.6 is 46.4 Å². The van der Waals surface area contributed by atoms with E-state index in [1.54, 1.807) is 0 Å². The minimum Gasteiger partial charge on any atom is -0.298 e. The highest BCUT2D eigenvalue weighted by atomic mass is 35.5. The standard InChI is InChI=1S/C15H3Cl4NO5/c16-9-7-8(10(17)12(19)11(9)18)15(23)6-5(14(7)22)2-1-4(3-21)13(6)20(24)25/h1-3H. The Hall–Kier alpha value is -1.99. The summed E-state index contributed by atoms with van der Waals surface area (Å²) in [5.74, 6) is -1.72. The molecule has 10 heteroatoms. The van der Waals surface area contributed by atoms with Crippen molar-refractivity contribution in [3.8, 4) is 0 Å². The molecule has 0 heterocycles. The van der Waals surface area contributed by atoms with E-state index in [-0.39, 0.29) is 48.6 Å². The molecule has 0 bridgehead atoms. The second-order valence-corrected chi connectivity index (χ2v) is 6.48. The molecule has 126 valence electrons. The van der Waals surface area contributed by atoms with E-state index in [1.165, 1.54) is 0 Å². The van der Waals surface area contributed by atoms with E-state index in [4.69, 9.17) is 46.4 Å². The molecule has 0 unspecified atom stereocenters. The van der Waals surface area contributed by atoms with Crippen molar-refractivity contribution in [3.63, 3.8) is 0 Å². The number of hydrogen-bond donors (Lipinski definition) is 0. The zero-order chi connectivity index (χ0) is 18.6. The summed E-state index contributed by atoms with van der Waals surface area (Å²) in [6, 6.07) is 2.22. The molecule has 0 saturated carbocycles. The third kappa shape index (κ3) is 2.37. The smallest absolute Gasteiger partial charge is 0.291 e. The van der Waals surface area contributed by atoms with Gasteiger partial charge in [-0.05, 0) is 12.1 Å². The summed E-state index contributed by atoms with van der Waals surface area (Å²) in [5, 5.41) is 10.3. The van der Waals surface area contributed by atoms with Gasteiger partial charge in [0.25, 0.3) is 5.69 Å². The van der Waals surface area contributed by atoms with Crippen molar-refractivity contribution >= 4 is 69.9 Å². The second-order valence-electron chi connectivity index (χ2n) is 4.97. The van der Waals surface area contributed by atoms with Crippen molar-refractivity contribution in [2.75, 3.05) is 0 Å². The van der Waals surface area contributed by atoms with Crippen LogP contribution in [0.5, 0.6) is 0 Å². The molecule has 1 aliphatic carbocycles. The molecule has 0 fully saturated rings. The van der Waals surface area contributed by atoms with Crippen LogP contribution in [0, 0.1) is 10.1 Å². The normalized spacial score (nSPS) is 12.6. The number of rotatable bonds is 2. The number of nitro groups is 1. The van der Waals surface area contributed by atoms with Crippen LogP contribution in [-0.4, -0.2) is 22.8 Å². The van der Waals surface area contributed by atoms with E-state index in [2.05, 4.69) is 0 Å². The lowest BCUT2D eigenvalue weighted by atomic mass is 9.82. The van der Waals surface area contributed by atoms with Gasteiger partial charge in [0.15, 0.2) is 12.1 Å². The monoisotopic (exact) mass is 417 g/mol. The molecular formula is C15H3Cl4NO5. The van der Waals surface area contributed by atoms with Crippen molar-refractivity contribution in [2.45, 2.75) is 0 Å². The van der Waals surface area contributed by atoms with Gasteiger partial charge in [0, 0.05) is 5.56 Å². The second kappa shape index (κ2) is 6.07. The van der Waals surface area contributed by atoms with Crippen molar-refractivity contribution in [3.05, 3.63) is 70.2 Å². The highest BCUT2D eigenvalue weighted by molar-refractivity contribution is 6.55. The molecule has 2 aromatic rings. The maximum atomic E-state index is 12.9. The summed E-state index contributed by atoms with van der Waals surface area (Å²) in [6.45, 7) is 0. The summed E-state index contributed by atoms with van der Waals surface area (Å²) in [6.07, 6.45) is 0.217. The molecule has 6 nitrogen and oxygen atoms in total. The fraction of sp³-hybridized carbons (Fsp3) is 0. The molecule has 0 saturated heterocycles. The summed E-state index contributed by atoms with van der Waals surface area (Å²) < 4.78 is 0. The fourth-order valence-electron chi connectivity index (χ4n) is 2.64. The third-order valence-corrected chi connectivity index (χ3v) is 5.51. The quantitative estimate of drug-likeness (QED) is 0.196. The average Bonchev–Trinajstić information content (AvgIpc) is 2.59. The van der Waals surface area contributed by atoms with Gasteiger partial charge in [0.2, 0.25) is 5.78 Å². The van der Waals surface area contributed by atoms with E-state index in [0.717, 1.165) is 12.1 Å². The molecule has 0 aliphatic heterocycles. The number of nitrogens with zero attached hydrogens (tertiary/aromatic N) is 1. The molecular weight excluding hydrogens is 416 g/mol. The lowest BCUT2D eigenvalue weighted by Gasteiger charge is -2.21. The van der Waals surface area contributed by atoms with Gasteiger partial charge in [-0.15, -0.1) is 0 Å². The fourth-order valence-corrected chi connectivity index (χ4v) is 3.66. The third-order valence-electron chi connectivity index (χ3n) is 3.71. The SMILES string of the molecule is O=Cc1ccc2c(c1[N+](=O)[O-])C(=O)c1c(Cl)c(Cl)c(Cl)c(Cl)c1C2=O. The minimum absolute atomic E-state index is 0.212. The first kappa shape index (κ1) is 17.8. The highest BCUT2D eigenvalue weighted by Gasteiger charge is 2.41. The number of aldehydes is 1. The maximum Gasteiger partial charge on any atom is 0.291 e. The van der Waals surface area contributed by atoms with E-state index in [1.807, 2.05) is 0 Å². The maximum absolute atomic E-state index is 12.9. The number of benzene rings is 2. The van der Waals surface area contributed by atoms with Crippen LogP contribution in [0.3, 0.4) is 0 Å². The van der Waals surface area contributed by atoms with E-state index in [9.17, 15) is 24.5 Å². The van der Waals surface area contributed by atoms with Crippen molar-refractivity contribution in [2.24, 2.45) is 0 Å². The topological polar surface area (TPSA) is 94.3 Å². The first-order chi connectivity index (χ1) is 11.7. The van der Waals surface area contributed by atoms with Crippen LogP contribution in [0.15, 0.2) is 12.1 Å². The van der Waals surface area contributed by atoms with E-state index < -0.39 is 27.7 Å². The molecule has 25 heavy (non-hydrogen) atoms. The molecule has 0 amide bonds. The Morgan fingerprint density at radius 1 is 0.840 bits per heavy atom. The molecule has 0 spiro atoms. The lowest BCUT2D eigenvalue weighted by Crippen LogP contribution is -2.24. The summed E-state index contributed by atoms with van der Waals surface area (Å²) in [4.78, 5) is 47.2. The Labute approximate surface area is 159 Å². The highest BCUT2D eigenvalue weighted by Crippen LogP contribution is 2.46. The average molecular weight is 419 g/mol. The van der Waals surface area contributed by atoms with Gasteiger partial charge in [-0.1, -0.05) is 46.4 Å². The van der Waals surface area contributed by atoms with Gasteiger partial charge in [0.1, 0.15) is 5.56 Å². The summed E-state index contributed by atoms with van der Waals surface area (Å²) in [7, 11) is 0. The van der Waals surface area contributed by atoms with Crippen molar-refractivity contribution < 1.29 is 19.3 Å². The van der Waals surface area contributed by atoms with Crippen LogP contribution < -0.4 is 0 Å². The Morgan fingerprint density at radius 3 is 1.84 bits per heavy atom. The predicted molar refractivity (Wildman–Crippen MR) is 91.8 cm³/mol. The first-order valence-electron chi connectivity index (χ1n) is 6.44. The number of carbonyl (C=O) groups excluding carboxylic acids is 3. The van der Waals surface area contributed by atoms with E-state index >= 15 is 0 Å². The first-order valence-corrected chi connectivity index (χ1v) is 7.95. The number of hydrogen-bond acceptors (Lipinski definition) is 5. The Balaban J connectivity index is 2.49. The summed E-state index contributed by atoms with van der Waals surface area (Å²) in [5.41, 5.74) is -2.61. The van der Waals surface area contributed by atoms with Gasteiger partial charge < -0.3 is 0 Å². The number of fused-ring (bicyclic) bond motifs is 2. The number of halogens is 4. The van der Waals surface area contributed by atoms with Gasteiger partial charge in [-0.3, -0.25) is 24.5 Å². The minimum atomic E-state index is -0.939. The zero-order valence-electron chi connectivity index (χ0n) is 11.7. The van der Waals surface area contributed by atoms with Crippen LogP contribution in [0.4, 0.5) is 5.69 Å². The Kier molecular flexibility index (Phi) is 4.33. The number of nitro benzene ring substituents is 1. The van der Waals surface area contributed by atoms with Crippen LogP contribution in [-0.2, 0) is 0 Å². The van der Waals surface area contributed by atoms with Gasteiger partial charge in [-0.2, -0.15) is 0 Å². The van der Waals surface area contributed by atoms with Gasteiger partial charge in [-0.25, -0.2) is 0 Å². The molecule has 2 aromatic carbocycles. The zero-order valence-corrected chi connectivity index (χ0v) is 14.8. The Morgan fingerprint density at radius 2 is 1.36 bits per heavy atom. The molecule has 0 aromatic heterocycles. The molecule has 0 atom stereocenters. The number of ketones is 2. The molecule has 0 radical (unpaired) electrons. The Bertz CT molecular complexity index is 1030. The number of carbonyl (C=O) groups is 3. The predicted octanol–water partition coefficient (Wildman–Crippen LogP) is 4.80. The van der Waals surface area contributed by atoms with Crippen molar-refractivity contribution in [1.29, 1.82) is 0 Å².